The fourth-order valence-electron chi connectivity index (χ4n) is 1.08. The van der Waals surface area contributed by atoms with Gasteiger partial charge in [-0.15, -0.1) is 5.10 Å². The molecule has 0 aliphatic heterocycles. The largest absolute Gasteiger partial charge is 0.358 e. The lowest BCUT2D eigenvalue weighted by molar-refractivity contribution is 0.240. The second kappa shape index (κ2) is 2.83. The van der Waals surface area contributed by atoms with E-state index in [1.165, 1.54) is 0 Å². The van der Waals surface area contributed by atoms with E-state index in [-0.39, 0.29) is 0 Å². The summed E-state index contributed by atoms with van der Waals surface area (Å²) in [5, 5.41) is 7.42. The Labute approximate surface area is 73.3 Å². The van der Waals surface area contributed by atoms with Gasteiger partial charge in [0.15, 0.2) is 0 Å². The Hall–Kier alpha value is -1.95. The van der Waals surface area contributed by atoms with Crippen LogP contribution in [0.2, 0.25) is 0 Å². The molecule has 0 aliphatic rings. The summed E-state index contributed by atoms with van der Waals surface area (Å²) in [4.78, 5) is 11.1. The van der Waals surface area contributed by atoms with Crippen LogP contribution in [0.4, 0.5) is 4.79 Å². The van der Waals surface area contributed by atoms with Crippen molar-refractivity contribution in [2.45, 2.75) is 0 Å². The highest BCUT2D eigenvalue weighted by atomic mass is 16.2. The van der Waals surface area contributed by atoms with Gasteiger partial charge in [0.1, 0.15) is 5.52 Å². The van der Waals surface area contributed by atoms with E-state index in [4.69, 9.17) is 5.84 Å². The smallest absolute Gasteiger partial charge is 0.274 e. The Kier molecular flexibility index (Phi) is 1.67. The van der Waals surface area contributed by atoms with Crippen molar-refractivity contribution in [2.75, 3.05) is 0 Å². The van der Waals surface area contributed by atoms with Gasteiger partial charge in [-0.3, -0.25) is 5.43 Å². The van der Waals surface area contributed by atoms with E-state index in [0.29, 0.717) is 11.0 Å². The molecule has 0 spiro atoms. The molecular formula is C7H7N5O. The van der Waals surface area contributed by atoms with E-state index in [9.17, 15) is 4.79 Å². The van der Waals surface area contributed by atoms with Gasteiger partial charge in [0.25, 0.3) is 0 Å². The van der Waals surface area contributed by atoms with Crippen molar-refractivity contribution in [3.8, 4) is 0 Å². The van der Waals surface area contributed by atoms with Gasteiger partial charge in [-0.05, 0) is 12.1 Å². The number of fused-ring (bicyclic) bond motifs is 1. The SMILES string of the molecule is NNC(=O)n1nnc2ccccc21. The monoisotopic (exact) mass is 177 g/mol. The molecule has 6 nitrogen and oxygen atoms in total. The topological polar surface area (TPSA) is 85.8 Å². The number of rotatable bonds is 0. The van der Waals surface area contributed by atoms with Crippen molar-refractivity contribution in [2.24, 2.45) is 5.84 Å². The van der Waals surface area contributed by atoms with E-state index in [1.54, 1.807) is 18.2 Å². The van der Waals surface area contributed by atoms with Crippen LogP contribution in [0.25, 0.3) is 11.0 Å². The Morgan fingerprint density at radius 3 is 3.00 bits per heavy atom. The van der Waals surface area contributed by atoms with Crippen LogP contribution < -0.4 is 11.3 Å². The number of nitrogens with one attached hydrogen (secondary N) is 1. The maximum atomic E-state index is 11.1. The van der Waals surface area contributed by atoms with Crippen molar-refractivity contribution in [1.29, 1.82) is 0 Å². The summed E-state index contributed by atoms with van der Waals surface area (Å²) in [7, 11) is 0. The van der Waals surface area contributed by atoms with Crippen molar-refractivity contribution in [3.05, 3.63) is 24.3 Å². The third kappa shape index (κ3) is 1.13. The first kappa shape index (κ1) is 7.69. The number of nitrogen functional groups attached to an aromatic ring is 1. The first-order chi connectivity index (χ1) is 6.33. The average Bonchev–Trinajstić information content (AvgIpc) is 2.60. The summed E-state index contributed by atoms with van der Waals surface area (Å²) in [5.41, 5.74) is 3.27. The molecular weight excluding hydrogens is 170 g/mol. The fourth-order valence-corrected chi connectivity index (χ4v) is 1.08. The maximum absolute atomic E-state index is 11.1. The fraction of sp³-hybridized carbons (Fsp3) is 0. The average molecular weight is 177 g/mol. The summed E-state index contributed by atoms with van der Waals surface area (Å²) in [6.45, 7) is 0. The standard InChI is InChI=1S/C7H7N5O/c8-9-7(13)12-6-4-2-1-3-5(6)10-11-12/h1-4H,8H2,(H,9,13). The number of carbonyl (C=O) groups excluding carboxylic acids is 1. The minimum Gasteiger partial charge on any atom is -0.274 e. The van der Waals surface area contributed by atoms with Gasteiger partial charge in [0.2, 0.25) is 0 Å². The molecule has 0 saturated carbocycles. The van der Waals surface area contributed by atoms with Gasteiger partial charge in [0.05, 0.1) is 5.52 Å². The summed E-state index contributed by atoms with van der Waals surface area (Å²) >= 11 is 0. The highest BCUT2D eigenvalue weighted by molar-refractivity contribution is 5.87. The lowest BCUT2D eigenvalue weighted by atomic mass is 10.3. The van der Waals surface area contributed by atoms with E-state index in [1.807, 2.05) is 11.5 Å². The highest BCUT2D eigenvalue weighted by Gasteiger charge is 2.08. The lowest BCUT2D eigenvalue weighted by Crippen LogP contribution is -2.34. The zero-order chi connectivity index (χ0) is 9.26. The Bertz CT molecular complexity index is 449. The van der Waals surface area contributed by atoms with Crippen LogP contribution in [0.3, 0.4) is 0 Å². The zero-order valence-electron chi connectivity index (χ0n) is 6.64. The lowest BCUT2D eigenvalue weighted by Gasteiger charge is -1.97. The van der Waals surface area contributed by atoms with E-state index in [0.717, 1.165) is 4.68 Å². The van der Waals surface area contributed by atoms with Gasteiger partial charge >= 0.3 is 6.03 Å². The van der Waals surface area contributed by atoms with Gasteiger partial charge in [-0.1, -0.05) is 17.3 Å². The number of benzene rings is 1. The quantitative estimate of drug-likeness (QED) is 0.333. The molecule has 2 aromatic rings. The molecule has 1 aromatic carbocycles. The number of para-hydroxylation sites is 1. The van der Waals surface area contributed by atoms with Gasteiger partial charge in [0, 0.05) is 0 Å². The molecule has 0 aliphatic carbocycles. The van der Waals surface area contributed by atoms with Crippen LogP contribution in [0.1, 0.15) is 0 Å². The first-order valence-electron chi connectivity index (χ1n) is 3.64. The number of amides is 1. The van der Waals surface area contributed by atoms with Crippen molar-refractivity contribution in [3.63, 3.8) is 0 Å². The van der Waals surface area contributed by atoms with Crippen LogP contribution in [-0.2, 0) is 0 Å². The maximum Gasteiger partial charge on any atom is 0.358 e. The van der Waals surface area contributed by atoms with Crippen LogP contribution in [0.5, 0.6) is 0 Å². The van der Waals surface area contributed by atoms with E-state index >= 15 is 0 Å². The predicted molar refractivity (Wildman–Crippen MR) is 45.6 cm³/mol. The molecule has 0 saturated heterocycles. The molecule has 2 rings (SSSR count). The number of nitrogens with two attached hydrogens (primary N) is 1. The number of nitrogens with zero attached hydrogens (tertiary/aromatic N) is 3. The molecule has 1 aromatic heterocycles. The van der Waals surface area contributed by atoms with E-state index in [2.05, 4.69) is 10.3 Å². The van der Waals surface area contributed by atoms with Crippen LogP contribution in [0.15, 0.2) is 24.3 Å². The minimum absolute atomic E-state index is 0.506. The minimum atomic E-state index is -0.506. The van der Waals surface area contributed by atoms with Crippen molar-refractivity contribution in [1.82, 2.24) is 20.4 Å². The summed E-state index contributed by atoms with van der Waals surface area (Å²) in [6, 6.07) is 6.62. The molecule has 0 bridgehead atoms. The molecule has 0 atom stereocenters. The third-order valence-electron chi connectivity index (χ3n) is 1.67. The highest BCUT2D eigenvalue weighted by Crippen LogP contribution is 2.08. The Morgan fingerprint density at radius 2 is 2.23 bits per heavy atom. The van der Waals surface area contributed by atoms with Crippen molar-refractivity contribution < 1.29 is 4.79 Å². The molecule has 66 valence electrons. The number of aromatic nitrogens is 3. The molecule has 3 N–H and O–H groups in total. The predicted octanol–water partition coefficient (Wildman–Crippen LogP) is -0.137. The summed E-state index contributed by atoms with van der Waals surface area (Å²) < 4.78 is 1.11. The molecule has 1 amide bonds. The molecule has 6 heteroatoms. The second-order valence-corrected chi connectivity index (χ2v) is 2.44. The molecule has 13 heavy (non-hydrogen) atoms. The van der Waals surface area contributed by atoms with Crippen LogP contribution in [0, 0.1) is 0 Å². The normalized spacial score (nSPS) is 10.2. The number of hydrogen-bond donors (Lipinski definition) is 2. The molecule has 0 radical (unpaired) electrons. The summed E-state index contributed by atoms with van der Waals surface area (Å²) in [5.74, 6) is 4.97. The zero-order valence-corrected chi connectivity index (χ0v) is 6.64. The number of carbonyl (C=O) groups is 1. The van der Waals surface area contributed by atoms with Crippen LogP contribution >= 0.6 is 0 Å². The van der Waals surface area contributed by atoms with Crippen LogP contribution in [-0.4, -0.2) is 21.0 Å². The van der Waals surface area contributed by atoms with Crippen molar-refractivity contribution >= 4 is 17.1 Å². The second-order valence-electron chi connectivity index (χ2n) is 2.44. The number of hydrogen-bond acceptors (Lipinski definition) is 4. The van der Waals surface area contributed by atoms with Gasteiger partial charge < -0.3 is 0 Å². The Morgan fingerprint density at radius 1 is 1.46 bits per heavy atom. The summed E-state index contributed by atoms with van der Waals surface area (Å²) in [6.07, 6.45) is 0. The molecule has 0 unspecified atom stereocenters. The molecule has 0 fully saturated rings. The third-order valence-corrected chi connectivity index (χ3v) is 1.67. The first-order valence-corrected chi connectivity index (χ1v) is 3.64. The number of hydrazine groups is 1. The molecule has 1 heterocycles. The van der Waals surface area contributed by atoms with Gasteiger partial charge in [-0.2, -0.15) is 4.68 Å². The van der Waals surface area contributed by atoms with E-state index < -0.39 is 6.03 Å². The van der Waals surface area contributed by atoms with Gasteiger partial charge in [-0.25, -0.2) is 10.6 Å². The Balaban J connectivity index is 2.64.